The Labute approximate surface area is 143 Å². The monoisotopic (exact) mass is 333 g/mol. The highest BCUT2D eigenvalue weighted by molar-refractivity contribution is 5.74. The summed E-state index contributed by atoms with van der Waals surface area (Å²) in [6.07, 6.45) is 14.6. The SMILES string of the molecule is CN1C(N/C=C(\C=O)NCCCC2=CCCC=C2)CCC1C(=O)O. The Kier molecular flexibility index (Phi) is 7.06. The predicted molar refractivity (Wildman–Crippen MR) is 93.2 cm³/mol. The molecule has 2 rings (SSSR count). The van der Waals surface area contributed by atoms with Gasteiger partial charge in [0.25, 0.3) is 0 Å². The first-order valence-electron chi connectivity index (χ1n) is 8.57. The molecule has 0 spiro atoms. The summed E-state index contributed by atoms with van der Waals surface area (Å²) < 4.78 is 0. The number of likely N-dealkylation sites (tertiary alicyclic amines) is 1. The van der Waals surface area contributed by atoms with Crippen LogP contribution in [0.15, 0.2) is 35.7 Å². The first-order valence-corrected chi connectivity index (χ1v) is 8.57. The number of aliphatic carboxylic acids is 1. The van der Waals surface area contributed by atoms with Gasteiger partial charge in [-0.15, -0.1) is 0 Å². The number of nitrogens with one attached hydrogen (secondary N) is 2. The fraction of sp³-hybridized carbons (Fsp3) is 0.556. The molecule has 3 N–H and O–H groups in total. The van der Waals surface area contributed by atoms with Crippen molar-refractivity contribution in [3.63, 3.8) is 0 Å². The van der Waals surface area contributed by atoms with Gasteiger partial charge in [0.2, 0.25) is 0 Å². The van der Waals surface area contributed by atoms with E-state index in [-0.39, 0.29) is 6.17 Å². The van der Waals surface area contributed by atoms with E-state index in [9.17, 15) is 9.59 Å². The fourth-order valence-corrected chi connectivity index (χ4v) is 3.13. The summed E-state index contributed by atoms with van der Waals surface area (Å²) in [7, 11) is 1.79. The van der Waals surface area contributed by atoms with Crippen molar-refractivity contribution in [3.05, 3.63) is 35.7 Å². The van der Waals surface area contributed by atoms with Crippen LogP contribution in [0.1, 0.15) is 38.5 Å². The number of allylic oxidation sites excluding steroid dienone is 5. The van der Waals surface area contributed by atoms with Gasteiger partial charge in [-0.25, -0.2) is 0 Å². The van der Waals surface area contributed by atoms with E-state index >= 15 is 0 Å². The molecule has 24 heavy (non-hydrogen) atoms. The first-order chi connectivity index (χ1) is 11.6. The van der Waals surface area contributed by atoms with Crippen LogP contribution in [0.3, 0.4) is 0 Å². The zero-order valence-electron chi connectivity index (χ0n) is 14.2. The summed E-state index contributed by atoms with van der Waals surface area (Å²) >= 11 is 0. The zero-order valence-corrected chi connectivity index (χ0v) is 14.2. The number of carbonyl (C=O) groups is 2. The molecule has 2 aliphatic rings. The number of aldehydes is 1. The van der Waals surface area contributed by atoms with Crippen LogP contribution < -0.4 is 10.6 Å². The second-order valence-corrected chi connectivity index (χ2v) is 6.29. The standard InChI is InChI=1S/C18H27N3O3/c1-21-16(18(23)24)9-10-17(21)20-12-15(13-22)19-11-5-8-14-6-3-2-4-7-14/h3,6-7,12-13,16-17,19-20H,2,4-5,8-11H2,1H3,(H,23,24)/b15-12+. The molecule has 0 aromatic carbocycles. The van der Waals surface area contributed by atoms with Crippen molar-refractivity contribution in [2.75, 3.05) is 13.6 Å². The molecule has 1 heterocycles. The van der Waals surface area contributed by atoms with Crippen molar-refractivity contribution < 1.29 is 14.7 Å². The van der Waals surface area contributed by atoms with Gasteiger partial charge < -0.3 is 15.7 Å². The number of nitrogens with zero attached hydrogens (tertiary/aromatic N) is 1. The third kappa shape index (κ3) is 5.23. The van der Waals surface area contributed by atoms with Crippen LogP contribution in [0.5, 0.6) is 0 Å². The maximum atomic E-state index is 11.2. The van der Waals surface area contributed by atoms with Crippen LogP contribution in [-0.4, -0.2) is 48.1 Å². The van der Waals surface area contributed by atoms with Crippen molar-refractivity contribution >= 4 is 12.3 Å². The summed E-state index contributed by atoms with van der Waals surface area (Å²) in [5, 5.41) is 15.4. The third-order valence-electron chi connectivity index (χ3n) is 4.58. The average molecular weight is 333 g/mol. The van der Waals surface area contributed by atoms with E-state index in [0.717, 1.165) is 44.9 Å². The zero-order chi connectivity index (χ0) is 17.4. The quantitative estimate of drug-likeness (QED) is 0.339. The molecule has 0 aromatic rings. The molecule has 0 saturated carbocycles. The van der Waals surface area contributed by atoms with E-state index in [1.54, 1.807) is 18.1 Å². The van der Waals surface area contributed by atoms with Gasteiger partial charge in [0.15, 0.2) is 6.29 Å². The van der Waals surface area contributed by atoms with Crippen LogP contribution >= 0.6 is 0 Å². The smallest absolute Gasteiger partial charge is 0.320 e. The molecule has 1 aliphatic heterocycles. The van der Waals surface area contributed by atoms with E-state index in [0.29, 0.717) is 12.1 Å². The highest BCUT2D eigenvalue weighted by atomic mass is 16.4. The lowest BCUT2D eigenvalue weighted by Gasteiger charge is -2.23. The second-order valence-electron chi connectivity index (χ2n) is 6.29. The highest BCUT2D eigenvalue weighted by Gasteiger charge is 2.34. The van der Waals surface area contributed by atoms with Crippen molar-refractivity contribution in [3.8, 4) is 0 Å². The largest absolute Gasteiger partial charge is 0.480 e. The van der Waals surface area contributed by atoms with Crippen LogP contribution in [-0.2, 0) is 9.59 Å². The fourth-order valence-electron chi connectivity index (χ4n) is 3.13. The van der Waals surface area contributed by atoms with E-state index in [4.69, 9.17) is 5.11 Å². The van der Waals surface area contributed by atoms with Gasteiger partial charge in [-0.05, 0) is 45.6 Å². The molecule has 1 saturated heterocycles. The van der Waals surface area contributed by atoms with Crippen LogP contribution in [0.25, 0.3) is 0 Å². The minimum atomic E-state index is -0.800. The van der Waals surface area contributed by atoms with E-state index in [1.807, 2.05) is 0 Å². The van der Waals surface area contributed by atoms with Crippen molar-refractivity contribution in [2.45, 2.75) is 50.7 Å². The van der Waals surface area contributed by atoms with E-state index in [1.165, 1.54) is 5.57 Å². The molecule has 0 bridgehead atoms. The van der Waals surface area contributed by atoms with E-state index in [2.05, 4.69) is 28.9 Å². The summed E-state index contributed by atoms with van der Waals surface area (Å²) in [5.41, 5.74) is 1.86. The molecular formula is C18H27N3O3. The summed E-state index contributed by atoms with van der Waals surface area (Å²) in [5.74, 6) is -0.800. The van der Waals surface area contributed by atoms with Crippen molar-refractivity contribution in [1.29, 1.82) is 0 Å². The minimum absolute atomic E-state index is 0.0552. The second kappa shape index (κ2) is 9.27. The lowest BCUT2D eigenvalue weighted by molar-refractivity contribution is -0.142. The molecule has 132 valence electrons. The first kappa shape index (κ1) is 18.3. The number of carbonyl (C=O) groups excluding carboxylic acids is 1. The van der Waals surface area contributed by atoms with Gasteiger partial charge in [-0.1, -0.05) is 23.8 Å². The topological polar surface area (TPSA) is 81.7 Å². The Morgan fingerprint density at radius 2 is 2.25 bits per heavy atom. The summed E-state index contributed by atoms with van der Waals surface area (Å²) in [6, 6.07) is -0.458. The normalized spacial score (nSPS) is 24.5. The molecule has 1 aliphatic carbocycles. The lowest BCUT2D eigenvalue weighted by atomic mass is 10.0. The van der Waals surface area contributed by atoms with Crippen LogP contribution in [0, 0.1) is 0 Å². The Balaban J connectivity index is 1.72. The van der Waals surface area contributed by atoms with E-state index < -0.39 is 12.0 Å². The van der Waals surface area contributed by atoms with Crippen molar-refractivity contribution in [1.82, 2.24) is 15.5 Å². The molecule has 6 heteroatoms. The Hall–Kier alpha value is -2.08. The Morgan fingerprint density at radius 3 is 2.88 bits per heavy atom. The average Bonchev–Trinajstić information content (AvgIpc) is 2.96. The lowest BCUT2D eigenvalue weighted by Crippen LogP contribution is -2.43. The number of rotatable bonds is 9. The number of hydrogen-bond acceptors (Lipinski definition) is 5. The number of hydrogen-bond donors (Lipinski definition) is 3. The molecule has 0 aromatic heterocycles. The van der Waals surface area contributed by atoms with Gasteiger partial charge >= 0.3 is 5.97 Å². The number of carboxylic acids is 1. The molecular weight excluding hydrogens is 306 g/mol. The predicted octanol–water partition coefficient (Wildman–Crippen LogP) is 1.77. The third-order valence-corrected chi connectivity index (χ3v) is 4.58. The summed E-state index contributed by atoms with van der Waals surface area (Å²) in [6.45, 7) is 0.732. The maximum absolute atomic E-state index is 11.2. The highest BCUT2D eigenvalue weighted by Crippen LogP contribution is 2.20. The molecule has 0 radical (unpaired) electrons. The molecule has 2 atom stereocenters. The molecule has 6 nitrogen and oxygen atoms in total. The summed E-state index contributed by atoms with van der Waals surface area (Å²) in [4.78, 5) is 24.0. The Morgan fingerprint density at radius 1 is 1.42 bits per heavy atom. The minimum Gasteiger partial charge on any atom is -0.480 e. The van der Waals surface area contributed by atoms with Crippen LogP contribution in [0.4, 0.5) is 0 Å². The van der Waals surface area contributed by atoms with Gasteiger partial charge in [-0.2, -0.15) is 0 Å². The number of carboxylic acid groups (broad SMARTS) is 1. The Bertz CT molecular complexity index is 540. The maximum Gasteiger partial charge on any atom is 0.320 e. The number of likely N-dealkylation sites (N-methyl/N-ethyl adjacent to an activating group) is 1. The van der Waals surface area contributed by atoms with Gasteiger partial charge in [0.1, 0.15) is 6.04 Å². The molecule has 0 amide bonds. The van der Waals surface area contributed by atoms with Gasteiger partial charge in [0, 0.05) is 12.7 Å². The van der Waals surface area contributed by atoms with Crippen LogP contribution in [0.2, 0.25) is 0 Å². The van der Waals surface area contributed by atoms with Gasteiger partial charge in [0.05, 0.1) is 11.9 Å². The van der Waals surface area contributed by atoms with Gasteiger partial charge in [-0.3, -0.25) is 14.5 Å². The molecule has 1 fully saturated rings. The molecule has 2 unspecified atom stereocenters. The van der Waals surface area contributed by atoms with Crippen molar-refractivity contribution in [2.24, 2.45) is 0 Å².